The first-order valence-corrected chi connectivity index (χ1v) is 4.40. The highest BCUT2D eigenvalue weighted by Gasteiger charge is 2.21. The lowest BCUT2D eigenvalue weighted by Crippen LogP contribution is -2.37. The van der Waals surface area contributed by atoms with Crippen LogP contribution in [0.15, 0.2) is 0 Å². The fourth-order valence-electron chi connectivity index (χ4n) is 1.08. The van der Waals surface area contributed by atoms with Crippen molar-refractivity contribution in [1.29, 1.82) is 0 Å². The molecule has 1 rings (SSSR count). The van der Waals surface area contributed by atoms with E-state index in [9.17, 15) is 13.6 Å². The Balaban J connectivity index is 2.74. The lowest BCUT2D eigenvalue weighted by molar-refractivity contribution is 0.0499. The van der Waals surface area contributed by atoms with Crippen molar-refractivity contribution < 1.29 is 18.7 Å². The number of carbonyl (C=O) groups is 1. The molecule has 7 nitrogen and oxygen atoms in total. The molecule has 1 aromatic heterocycles. The van der Waals surface area contributed by atoms with Crippen LogP contribution in [0.2, 0.25) is 0 Å². The number of nitrogens with two attached hydrogens (primary N) is 1. The molecule has 4 N–H and O–H groups in total. The number of aliphatic hydroxyl groups excluding tert-OH is 1. The quantitative estimate of drug-likeness (QED) is 0.612. The lowest BCUT2D eigenvalue weighted by Gasteiger charge is -2.19. The SMILES string of the molecule is Nc1n[nH]c(C(=O)N(CCO)CC(F)F)n1. The van der Waals surface area contributed by atoms with Gasteiger partial charge < -0.3 is 15.7 Å². The zero-order valence-electron chi connectivity index (χ0n) is 8.23. The van der Waals surface area contributed by atoms with Gasteiger partial charge in [0.05, 0.1) is 13.2 Å². The molecule has 0 atom stereocenters. The smallest absolute Gasteiger partial charge is 0.291 e. The van der Waals surface area contributed by atoms with Gasteiger partial charge in [0.2, 0.25) is 11.8 Å². The molecule has 0 saturated heterocycles. The number of hydrogen-bond donors (Lipinski definition) is 3. The van der Waals surface area contributed by atoms with E-state index in [2.05, 4.69) is 15.2 Å². The van der Waals surface area contributed by atoms with Gasteiger partial charge in [-0.2, -0.15) is 4.98 Å². The number of aromatic amines is 1. The number of H-pyrrole nitrogens is 1. The first-order chi connectivity index (χ1) is 7.54. The summed E-state index contributed by atoms with van der Waals surface area (Å²) >= 11 is 0. The van der Waals surface area contributed by atoms with Crippen molar-refractivity contribution >= 4 is 11.9 Å². The van der Waals surface area contributed by atoms with Crippen LogP contribution in [0.5, 0.6) is 0 Å². The minimum atomic E-state index is -2.68. The molecule has 0 aliphatic carbocycles. The molecule has 0 unspecified atom stereocenters. The minimum Gasteiger partial charge on any atom is -0.395 e. The maximum absolute atomic E-state index is 12.1. The summed E-state index contributed by atoms with van der Waals surface area (Å²) in [5.74, 6) is -1.16. The normalized spacial score (nSPS) is 10.8. The van der Waals surface area contributed by atoms with Gasteiger partial charge in [0.25, 0.3) is 12.3 Å². The number of aliphatic hydroxyl groups is 1. The van der Waals surface area contributed by atoms with E-state index in [4.69, 9.17) is 10.8 Å². The molecule has 9 heteroatoms. The summed E-state index contributed by atoms with van der Waals surface area (Å²) in [5, 5.41) is 14.3. The monoisotopic (exact) mass is 235 g/mol. The summed E-state index contributed by atoms with van der Waals surface area (Å²) < 4.78 is 24.3. The van der Waals surface area contributed by atoms with Crippen molar-refractivity contribution in [3.8, 4) is 0 Å². The van der Waals surface area contributed by atoms with Gasteiger partial charge >= 0.3 is 0 Å². The molecule has 0 radical (unpaired) electrons. The van der Waals surface area contributed by atoms with Crippen LogP contribution in [0.25, 0.3) is 0 Å². The van der Waals surface area contributed by atoms with Gasteiger partial charge in [-0.05, 0) is 0 Å². The molecule has 0 saturated carbocycles. The standard InChI is InChI=1S/C7H11F2N5O2/c8-4(9)3-14(1-2-15)6(16)5-11-7(10)13-12-5/h4,15H,1-3H2,(H3,10,11,12,13). The molecular weight excluding hydrogens is 224 g/mol. The van der Waals surface area contributed by atoms with Gasteiger partial charge in [0.15, 0.2) is 0 Å². The van der Waals surface area contributed by atoms with E-state index in [0.29, 0.717) is 0 Å². The average Bonchev–Trinajstić information content (AvgIpc) is 2.62. The Morgan fingerprint density at radius 3 is 2.75 bits per heavy atom. The highest BCUT2D eigenvalue weighted by Crippen LogP contribution is 2.04. The number of amides is 1. The van der Waals surface area contributed by atoms with Gasteiger partial charge in [0.1, 0.15) is 0 Å². The zero-order valence-corrected chi connectivity index (χ0v) is 8.23. The number of halogens is 2. The molecule has 0 aromatic carbocycles. The number of hydrogen-bond acceptors (Lipinski definition) is 5. The lowest BCUT2D eigenvalue weighted by atomic mass is 10.4. The molecule has 0 aliphatic heterocycles. The van der Waals surface area contributed by atoms with E-state index >= 15 is 0 Å². The van der Waals surface area contributed by atoms with Crippen LogP contribution in [-0.4, -0.2) is 57.2 Å². The fraction of sp³-hybridized carbons (Fsp3) is 0.571. The number of carbonyl (C=O) groups excluding carboxylic acids is 1. The molecule has 16 heavy (non-hydrogen) atoms. The van der Waals surface area contributed by atoms with Gasteiger partial charge in [-0.3, -0.25) is 9.89 Å². The summed E-state index contributed by atoms with van der Waals surface area (Å²) in [6.07, 6.45) is -2.68. The maximum Gasteiger partial charge on any atom is 0.291 e. The second kappa shape index (κ2) is 5.35. The van der Waals surface area contributed by atoms with Crippen molar-refractivity contribution in [2.24, 2.45) is 0 Å². The average molecular weight is 235 g/mol. The second-order valence-electron chi connectivity index (χ2n) is 2.91. The molecule has 1 heterocycles. The Morgan fingerprint density at radius 2 is 2.31 bits per heavy atom. The largest absolute Gasteiger partial charge is 0.395 e. The first kappa shape index (κ1) is 12.3. The van der Waals surface area contributed by atoms with E-state index in [1.165, 1.54) is 0 Å². The van der Waals surface area contributed by atoms with Crippen LogP contribution < -0.4 is 5.73 Å². The predicted molar refractivity (Wildman–Crippen MR) is 49.8 cm³/mol. The molecule has 1 aromatic rings. The number of rotatable bonds is 5. The Labute approximate surface area is 89.3 Å². The molecular formula is C7H11F2N5O2. The fourth-order valence-corrected chi connectivity index (χ4v) is 1.08. The second-order valence-corrected chi connectivity index (χ2v) is 2.91. The number of nitrogens with one attached hydrogen (secondary N) is 1. The van der Waals surface area contributed by atoms with Crippen molar-refractivity contribution in [2.45, 2.75) is 6.43 Å². The molecule has 0 spiro atoms. The summed E-state index contributed by atoms with van der Waals surface area (Å²) in [5.41, 5.74) is 5.17. The summed E-state index contributed by atoms with van der Waals surface area (Å²) in [6.45, 7) is -1.40. The zero-order chi connectivity index (χ0) is 12.1. The first-order valence-electron chi connectivity index (χ1n) is 4.40. The Bertz CT molecular complexity index is 356. The van der Waals surface area contributed by atoms with Crippen LogP contribution in [0.1, 0.15) is 10.6 Å². The number of nitrogen functional groups attached to an aromatic ring is 1. The predicted octanol–water partition coefficient (Wildman–Crippen LogP) is -0.914. The topological polar surface area (TPSA) is 108 Å². The number of alkyl halides is 2. The van der Waals surface area contributed by atoms with Crippen molar-refractivity contribution in [3.05, 3.63) is 5.82 Å². The van der Waals surface area contributed by atoms with Crippen molar-refractivity contribution in [3.63, 3.8) is 0 Å². The van der Waals surface area contributed by atoms with Gasteiger partial charge in [0, 0.05) is 6.54 Å². The van der Waals surface area contributed by atoms with E-state index in [1.54, 1.807) is 0 Å². The van der Waals surface area contributed by atoms with E-state index in [-0.39, 0.29) is 18.3 Å². The minimum absolute atomic E-state index is 0.149. The van der Waals surface area contributed by atoms with Crippen LogP contribution >= 0.6 is 0 Å². The highest BCUT2D eigenvalue weighted by molar-refractivity contribution is 5.90. The Morgan fingerprint density at radius 1 is 1.62 bits per heavy atom. The molecule has 0 aliphatic rings. The van der Waals surface area contributed by atoms with Crippen LogP contribution in [-0.2, 0) is 0 Å². The summed E-state index contributed by atoms with van der Waals surface area (Å²) in [6, 6.07) is 0. The van der Waals surface area contributed by atoms with Gasteiger partial charge in [-0.15, -0.1) is 5.10 Å². The summed E-state index contributed by atoms with van der Waals surface area (Å²) in [4.78, 5) is 15.9. The van der Waals surface area contributed by atoms with Crippen LogP contribution in [0.3, 0.4) is 0 Å². The van der Waals surface area contributed by atoms with Crippen LogP contribution in [0, 0.1) is 0 Å². The third-order valence-corrected chi connectivity index (χ3v) is 1.72. The van der Waals surface area contributed by atoms with E-state index in [1.807, 2.05) is 0 Å². The maximum atomic E-state index is 12.1. The van der Waals surface area contributed by atoms with Gasteiger partial charge in [-0.1, -0.05) is 0 Å². The number of aromatic nitrogens is 3. The van der Waals surface area contributed by atoms with Crippen molar-refractivity contribution in [1.82, 2.24) is 20.1 Å². The number of nitrogens with zero attached hydrogens (tertiary/aromatic N) is 3. The summed E-state index contributed by atoms with van der Waals surface area (Å²) in [7, 11) is 0. The Kier molecular flexibility index (Phi) is 4.11. The third kappa shape index (κ3) is 3.12. The molecule has 1 amide bonds. The van der Waals surface area contributed by atoms with Gasteiger partial charge in [-0.25, -0.2) is 8.78 Å². The van der Waals surface area contributed by atoms with E-state index in [0.717, 1.165) is 4.90 Å². The van der Waals surface area contributed by atoms with Crippen molar-refractivity contribution in [2.75, 3.05) is 25.4 Å². The number of anilines is 1. The van der Waals surface area contributed by atoms with E-state index < -0.39 is 25.5 Å². The highest BCUT2D eigenvalue weighted by atomic mass is 19.3. The molecule has 0 bridgehead atoms. The molecule has 0 fully saturated rings. The molecule has 90 valence electrons. The van der Waals surface area contributed by atoms with Crippen LogP contribution in [0.4, 0.5) is 14.7 Å². The third-order valence-electron chi connectivity index (χ3n) is 1.72. The Hall–Kier alpha value is -1.77.